The van der Waals surface area contributed by atoms with E-state index < -0.39 is 0 Å². The van der Waals surface area contributed by atoms with Crippen molar-refractivity contribution in [2.24, 2.45) is 11.8 Å². The standard InChI is InChI=1S/C12H24OS/c1-3-11(4-2)12(13)9-10-5-7-14-8-6-10/h10-13H,3-9H2,1-2H3. The third kappa shape index (κ3) is 3.82. The maximum Gasteiger partial charge on any atom is 0.0570 e. The number of aliphatic hydroxyl groups excluding tert-OH is 1. The molecular formula is C12H24OS. The SMILES string of the molecule is CCC(CC)C(O)CC1CCSCC1. The summed E-state index contributed by atoms with van der Waals surface area (Å²) < 4.78 is 0. The first-order chi connectivity index (χ1) is 6.77. The first-order valence-corrected chi connectivity index (χ1v) is 7.19. The van der Waals surface area contributed by atoms with Crippen LogP contribution in [-0.2, 0) is 0 Å². The molecule has 0 radical (unpaired) electrons. The van der Waals surface area contributed by atoms with Gasteiger partial charge < -0.3 is 5.11 Å². The molecule has 0 aromatic carbocycles. The maximum atomic E-state index is 10.1. The van der Waals surface area contributed by atoms with Crippen molar-refractivity contribution in [3.63, 3.8) is 0 Å². The minimum atomic E-state index is -0.0434. The van der Waals surface area contributed by atoms with Gasteiger partial charge >= 0.3 is 0 Å². The van der Waals surface area contributed by atoms with Gasteiger partial charge in [0.2, 0.25) is 0 Å². The highest BCUT2D eigenvalue weighted by Crippen LogP contribution is 2.29. The van der Waals surface area contributed by atoms with Gasteiger partial charge in [0.15, 0.2) is 0 Å². The highest BCUT2D eigenvalue weighted by Gasteiger charge is 2.21. The van der Waals surface area contributed by atoms with Crippen molar-refractivity contribution in [1.29, 1.82) is 0 Å². The van der Waals surface area contributed by atoms with Crippen LogP contribution in [-0.4, -0.2) is 22.7 Å². The molecule has 1 aliphatic rings. The van der Waals surface area contributed by atoms with Gasteiger partial charge in [0.1, 0.15) is 0 Å². The molecule has 0 saturated carbocycles. The van der Waals surface area contributed by atoms with Gasteiger partial charge in [-0.2, -0.15) is 11.8 Å². The zero-order chi connectivity index (χ0) is 10.4. The first-order valence-electron chi connectivity index (χ1n) is 6.03. The van der Waals surface area contributed by atoms with Gasteiger partial charge in [-0.15, -0.1) is 0 Å². The third-order valence-electron chi connectivity index (χ3n) is 3.51. The van der Waals surface area contributed by atoms with Crippen LogP contribution in [0.2, 0.25) is 0 Å². The third-order valence-corrected chi connectivity index (χ3v) is 4.56. The molecule has 1 rings (SSSR count). The summed E-state index contributed by atoms with van der Waals surface area (Å²) in [7, 11) is 0. The Hall–Kier alpha value is 0.310. The van der Waals surface area contributed by atoms with Gasteiger partial charge in [-0.1, -0.05) is 26.7 Å². The fourth-order valence-corrected chi connectivity index (χ4v) is 3.55. The molecule has 1 fully saturated rings. The summed E-state index contributed by atoms with van der Waals surface area (Å²) in [5.41, 5.74) is 0. The second-order valence-electron chi connectivity index (χ2n) is 4.44. The van der Waals surface area contributed by atoms with E-state index in [0.29, 0.717) is 5.92 Å². The summed E-state index contributed by atoms with van der Waals surface area (Å²) >= 11 is 2.06. The van der Waals surface area contributed by atoms with E-state index in [1.54, 1.807) is 0 Å². The van der Waals surface area contributed by atoms with E-state index in [-0.39, 0.29) is 6.10 Å². The molecule has 1 N–H and O–H groups in total. The molecule has 0 amide bonds. The average Bonchev–Trinajstić information content (AvgIpc) is 2.21. The van der Waals surface area contributed by atoms with Crippen LogP contribution in [0, 0.1) is 11.8 Å². The van der Waals surface area contributed by atoms with Crippen LogP contribution < -0.4 is 0 Å². The molecule has 0 aliphatic carbocycles. The molecule has 1 unspecified atom stereocenters. The summed E-state index contributed by atoms with van der Waals surface area (Å²) in [5.74, 6) is 3.94. The molecule has 0 spiro atoms. The zero-order valence-corrected chi connectivity index (χ0v) is 10.4. The number of rotatable bonds is 5. The van der Waals surface area contributed by atoms with E-state index in [2.05, 4.69) is 25.6 Å². The van der Waals surface area contributed by atoms with Gasteiger partial charge in [-0.05, 0) is 42.6 Å². The van der Waals surface area contributed by atoms with Crippen LogP contribution in [0.4, 0.5) is 0 Å². The monoisotopic (exact) mass is 216 g/mol. The quantitative estimate of drug-likeness (QED) is 0.761. The van der Waals surface area contributed by atoms with E-state index >= 15 is 0 Å². The number of hydrogen-bond donors (Lipinski definition) is 1. The Balaban J connectivity index is 2.26. The Bertz CT molecular complexity index is 139. The van der Waals surface area contributed by atoms with Gasteiger partial charge in [-0.3, -0.25) is 0 Å². The molecule has 1 aliphatic heterocycles. The fraction of sp³-hybridized carbons (Fsp3) is 1.00. The van der Waals surface area contributed by atoms with E-state index in [1.807, 2.05) is 0 Å². The number of hydrogen-bond acceptors (Lipinski definition) is 2. The molecule has 1 heterocycles. The van der Waals surface area contributed by atoms with Gasteiger partial charge in [-0.25, -0.2) is 0 Å². The highest BCUT2D eigenvalue weighted by atomic mass is 32.2. The van der Waals surface area contributed by atoms with Crippen molar-refractivity contribution in [1.82, 2.24) is 0 Å². The van der Waals surface area contributed by atoms with E-state index in [0.717, 1.165) is 25.2 Å². The highest BCUT2D eigenvalue weighted by molar-refractivity contribution is 7.99. The molecule has 14 heavy (non-hydrogen) atoms. The Labute approximate surface area is 92.7 Å². The molecule has 0 aromatic rings. The molecule has 0 bridgehead atoms. The normalized spacial score (nSPS) is 21.4. The number of aliphatic hydroxyl groups is 1. The Morgan fingerprint density at radius 2 is 1.79 bits per heavy atom. The lowest BCUT2D eigenvalue weighted by atomic mass is 9.87. The zero-order valence-electron chi connectivity index (χ0n) is 9.54. The summed E-state index contributed by atoms with van der Waals surface area (Å²) in [6.07, 6.45) is 5.90. The van der Waals surface area contributed by atoms with Crippen molar-refractivity contribution >= 4 is 11.8 Å². The molecule has 1 saturated heterocycles. The molecule has 84 valence electrons. The van der Waals surface area contributed by atoms with Crippen LogP contribution in [0.5, 0.6) is 0 Å². The van der Waals surface area contributed by atoms with Crippen LogP contribution in [0.15, 0.2) is 0 Å². The smallest absolute Gasteiger partial charge is 0.0570 e. The van der Waals surface area contributed by atoms with Crippen LogP contribution in [0.1, 0.15) is 46.0 Å². The lowest BCUT2D eigenvalue weighted by Crippen LogP contribution is -2.24. The van der Waals surface area contributed by atoms with Gasteiger partial charge in [0.05, 0.1) is 6.10 Å². The predicted molar refractivity (Wildman–Crippen MR) is 64.7 cm³/mol. The molecule has 1 nitrogen and oxygen atoms in total. The molecule has 1 atom stereocenters. The first kappa shape index (κ1) is 12.4. The summed E-state index contributed by atoms with van der Waals surface area (Å²) in [4.78, 5) is 0. The van der Waals surface area contributed by atoms with Gasteiger partial charge in [0.25, 0.3) is 0 Å². The van der Waals surface area contributed by atoms with Crippen molar-refractivity contribution in [3.8, 4) is 0 Å². The fourth-order valence-electron chi connectivity index (χ4n) is 2.35. The van der Waals surface area contributed by atoms with Crippen LogP contribution in [0.3, 0.4) is 0 Å². The maximum absolute atomic E-state index is 10.1. The second-order valence-corrected chi connectivity index (χ2v) is 5.66. The van der Waals surface area contributed by atoms with Crippen molar-refractivity contribution in [3.05, 3.63) is 0 Å². The minimum Gasteiger partial charge on any atom is -0.393 e. The van der Waals surface area contributed by atoms with E-state index in [9.17, 15) is 5.11 Å². The summed E-state index contributed by atoms with van der Waals surface area (Å²) in [6, 6.07) is 0. The Kier molecular flexibility index (Phi) is 5.95. The predicted octanol–water partition coefficient (Wildman–Crippen LogP) is 3.32. The van der Waals surface area contributed by atoms with E-state index in [4.69, 9.17) is 0 Å². The molecule has 0 aromatic heterocycles. The average molecular weight is 216 g/mol. The molecule has 2 heteroatoms. The topological polar surface area (TPSA) is 20.2 Å². The lowest BCUT2D eigenvalue weighted by Gasteiger charge is -2.27. The van der Waals surface area contributed by atoms with Gasteiger partial charge in [0, 0.05) is 0 Å². The summed E-state index contributed by atoms with van der Waals surface area (Å²) in [5, 5.41) is 10.1. The summed E-state index contributed by atoms with van der Waals surface area (Å²) in [6.45, 7) is 4.38. The minimum absolute atomic E-state index is 0.0434. The molecular weight excluding hydrogens is 192 g/mol. The lowest BCUT2D eigenvalue weighted by molar-refractivity contribution is 0.0757. The van der Waals surface area contributed by atoms with Crippen molar-refractivity contribution in [2.45, 2.75) is 52.1 Å². The Morgan fingerprint density at radius 1 is 1.21 bits per heavy atom. The van der Waals surface area contributed by atoms with Crippen molar-refractivity contribution in [2.75, 3.05) is 11.5 Å². The Morgan fingerprint density at radius 3 is 2.29 bits per heavy atom. The van der Waals surface area contributed by atoms with Crippen LogP contribution >= 0.6 is 11.8 Å². The largest absolute Gasteiger partial charge is 0.393 e. The van der Waals surface area contributed by atoms with Crippen LogP contribution in [0.25, 0.3) is 0 Å². The second kappa shape index (κ2) is 6.73. The van der Waals surface area contributed by atoms with E-state index in [1.165, 1.54) is 24.3 Å². The van der Waals surface area contributed by atoms with Crippen molar-refractivity contribution < 1.29 is 5.11 Å². The number of thioether (sulfide) groups is 1.